The molecule has 0 aliphatic heterocycles. The summed E-state index contributed by atoms with van der Waals surface area (Å²) in [4.78, 5) is 3.84. The van der Waals surface area contributed by atoms with E-state index in [2.05, 4.69) is 20.0 Å². The molecule has 1 heterocycles. The van der Waals surface area contributed by atoms with Crippen LogP contribution in [0.3, 0.4) is 0 Å². The zero-order valence-corrected chi connectivity index (χ0v) is 6.03. The summed E-state index contributed by atoms with van der Waals surface area (Å²) in [6, 6.07) is 0. The van der Waals surface area contributed by atoms with E-state index in [0.717, 1.165) is 0 Å². The number of anilines is 1. The summed E-state index contributed by atoms with van der Waals surface area (Å²) in [5.74, 6) is 1.11. The van der Waals surface area contributed by atoms with E-state index in [0.29, 0.717) is 11.8 Å². The lowest BCUT2D eigenvalue weighted by molar-refractivity contribution is 0.394. The summed E-state index contributed by atoms with van der Waals surface area (Å²) in [5, 5.41) is 6.27. The van der Waals surface area contributed by atoms with Crippen LogP contribution in [0.1, 0.15) is 5.89 Å². The van der Waals surface area contributed by atoms with Crippen LogP contribution in [0.4, 0.5) is 5.95 Å². The first kappa shape index (κ1) is 8.23. The molecule has 52 valence electrons. The van der Waals surface area contributed by atoms with Gasteiger partial charge in [-0.1, -0.05) is 0 Å². The fraction of sp³-hybridized carbons (Fsp3) is 0.500. The Kier molecular flexibility index (Phi) is 3.01. The maximum absolute atomic E-state index is 4.63. The topological polar surface area (TPSA) is 51.0 Å². The van der Waals surface area contributed by atoms with Gasteiger partial charge in [-0.3, -0.25) is 0 Å². The number of rotatable bonds is 1. The summed E-state index contributed by atoms with van der Waals surface area (Å²) >= 11 is 0. The van der Waals surface area contributed by atoms with Crippen LogP contribution >= 0.6 is 12.4 Å². The lowest BCUT2D eigenvalue weighted by Gasteiger charge is -1.80. The number of halogens is 1. The Morgan fingerprint density at radius 3 is 2.44 bits per heavy atom. The summed E-state index contributed by atoms with van der Waals surface area (Å²) in [5.41, 5.74) is 0. The van der Waals surface area contributed by atoms with Crippen molar-refractivity contribution in [1.29, 1.82) is 0 Å². The second kappa shape index (κ2) is 3.29. The Balaban J connectivity index is 0.000000640. The highest BCUT2D eigenvalue weighted by atomic mass is 35.5. The van der Waals surface area contributed by atoms with E-state index in [1.54, 1.807) is 14.0 Å². The fourth-order valence-electron chi connectivity index (χ4n) is 0.401. The van der Waals surface area contributed by atoms with E-state index in [-0.39, 0.29) is 12.4 Å². The van der Waals surface area contributed by atoms with Gasteiger partial charge in [0.2, 0.25) is 5.89 Å². The first-order valence-corrected chi connectivity index (χ1v) is 2.31. The molecule has 0 unspecified atom stereocenters. The number of nitrogens with one attached hydrogen (secondary N) is 1. The van der Waals surface area contributed by atoms with E-state index < -0.39 is 0 Å². The van der Waals surface area contributed by atoms with Crippen LogP contribution in [-0.2, 0) is 0 Å². The molecule has 0 radical (unpaired) electrons. The van der Waals surface area contributed by atoms with Crippen LogP contribution in [0.5, 0.6) is 0 Å². The molecular weight excluding hydrogens is 142 g/mol. The SMILES string of the molecule is CNc1noc(C)n1.Cl. The smallest absolute Gasteiger partial charge is 0.263 e. The third-order valence-corrected chi connectivity index (χ3v) is 0.751. The van der Waals surface area contributed by atoms with Gasteiger partial charge in [-0.25, -0.2) is 0 Å². The van der Waals surface area contributed by atoms with Crippen LogP contribution in [0.15, 0.2) is 4.52 Å². The molecule has 4 nitrogen and oxygen atoms in total. The van der Waals surface area contributed by atoms with Gasteiger partial charge in [-0.15, -0.1) is 12.4 Å². The second-order valence-electron chi connectivity index (χ2n) is 1.39. The first-order valence-electron chi connectivity index (χ1n) is 2.31. The van der Waals surface area contributed by atoms with Crippen LogP contribution in [0.2, 0.25) is 0 Å². The average Bonchev–Trinajstić information content (AvgIpc) is 2.14. The number of hydrogen-bond acceptors (Lipinski definition) is 4. The van der Waals surface area contributed by atoms with Crippen molar-refractivity contribution in [2.24, 2.45) is 0 Å². The lowest BCUT2D eigenvalue weighted by atomic mass is 10.8. The maximum atomic E-state index is 4.63. The van der Waals surface area contributed by atoms with Crippen molar-refractivity contribution in [2.75, 3.05) is 12.4 Å². The van der Waals surface area contributed by atoms with Crippen molar-refractivity contribution < 1.29 is 4.52 Å². The molecule has 0 fully saturated rings. The van der Waals surface area contributed by atoms with Crippen molar-refractivity contribution in [2.45, 2.75) is 6.92 Å². The van der Waals surface area contributed by atoms with Gasteiger partial charge < -0.3 is 9.84 Å². The fourth-order valence-corrected chi connectivity index (χ4v) is 0.401. The molecule has 0 aliphatic rings. The monoisotopic (exact) mass is 149 g/mol. The van der Waals surface area contributed by atoms with Crippen LogP contribution in [0, 0.1) is 6.92 Å². The number of hydrogen-bond donors (Lipinski definition) is 1. The highest BCUT2D eigenvalue weighted by Gasteiger charge is 1.94. The van der Waals surface area contributed by atoms with Crippen molar-refractivity contribution in [1.82, 2.24) is 10.1 Å². The predicted octanol–water partition coefficient (Wildman–Crippen LogP) is 0.842. The Morgan fingerprint density at radius 2 is 2.22 bits per heavy atom. The Morgan fingerprint density at radius 1 is 1.56 bits per heavy atom. The molecule has 1 aromatic rings. The Hall–Kier alpha value is -0.770. The minimum Gasteiger partial charge on any atom is -0.355 e. The summed E-state index contributed by atoms with van der Waals surface area (Å²) < 4.78 is 4.63. The minimum atomic E-state index is 0. The molecule has 0 saturated heterocycles. The number of nitrogens with zero attached hydrogens (tertiary/aromatic N) is 2. The largest absolute Gasteiger partial charge is 0.355 e. The van der Waals surface area contributed by atoms with E-state index in [9.17, 15) is 0 Å². The van der Waals surface area contributed by atoms with Gasteiger partial charge in [0, 0.05) is 14.0 Å². The third kappa shape index (κ3) is 1.89. The van der Waals surface area contributed by atoms with Gasteiger partial charge >= 0.3 is 0 Å². The normalized spacial score (nSPS) is 8.22. The van der Waals surface area contributed by atoms with Gasteiger partial charge in [0.05, 0.1) is 0 Å². The van der Waals surface area contributed by atoms with E-state index in [1.165, 1.54) is 0 Å². The maximum Gasteiger partial charge on any atom is 0.263 e. The van der Waals surface area contributed by atoms with Crippen molar-refractivity contribution in [3.05, 3.63) is 5.89 Å². The van der Waals surface area contributed by atoms with Gasteiger partial charge in [-0.2, -0.15) is 4.98 Å². The number of aromatic nitrogens is 2. The molecule has 1 rings (SSSR count). The summed E-state index contributed by atoms with van der Waals surface area (Å²) in [6.45, 7) is 1.74. The lowest BCUT2D eigenvalue weighted by Crippen LogP contribution is -1.88. The summed E-state index contributed by atoms with van der Waals surface area (Å²) in [6.07, 6.45) is 0. The highest BCUT2D eigenvalue weighted by molar-refractivity contribution is 5.85. The van der Waals surface area contributed by atoms with E-state index in [1.807, 2.05) is 0 Å². The predicted molar refractivity (Wildman–Crippen MR) is 35.8 cm³/mol. The van der Waals surface area contributed by atoms with Crippen molar-refractivity contribution >= 4 is 18.4 Å². The zero-order valence-electron chi connectivity index (χ0n) is 5.21. The van der Waals surface area contributed by atoms with Crippen LogP contribution in [-0.4, -0.2) is 17.2 Å². The second-order valence-corrected chi connectivity index (χ2v) is 1.39. The molecule has 0 spiro atoms. The molecule has 1 aromatic heterocycles. The minimum absolute atomic E-state index is 0. The summed E-state index contributed by atoms with van der Waals surface area (Å²) in [7, 11) is 1.74. The molecule has 0 aliphatic carbocycles. The zero-order chi connectivity index (χ0) is 5.98. The molecule has 0 amide bonds. The molecule has 9 heavy (non-hydrogen) atoms. The molecular formula is C4H8ClN3O. The van der Waals surface area contributed by atoms with Gasteiger partial charge in [0.15, 0.2) is 0 Å². The quantitative estimate of drug-likeness (QED) is 0.643. The van der Waals surface area contributed by atoms with Gasteiger partial charge in [-0.05, 0) is 5.16 Å². The molecule has 5 heteroatoms. The highest BCUT2D eigenvalue weighted by Crippen LogP contribution is 1.96. The Labute approximate surface area is 59.0 Å². The first-order chi connectivity index (χ1) is 3.83. The standard InChI is InChI=1S/C4H7N3O.ClH/c1-3-6-4(5-2)7-8-3;/h1-2H3,(H,5,7);1H. The molecule has 0 atom stereocenters. The van der Waals surface area contributed by atoms with Crippen LogP contribution < -0.4 is 5.32 Å². The van der Waals surface area contributed by atoms with Crippen molar-refractivity contribution in [3.8, 4) is 0 Å². The molecule has 0 bridgehead atoms. The van der Waals surface area contributed by atoms with Gasteiger partial charge in [0.1, 0.15) is 0 Å². The van der Waals surface area contributed by atoms with E-state index in [4.69, 9.17) is 0 Å². The molecule has 0 saturated carbocycles. The van der Waals surface area contributed by atoms with Gasteiger partial charge in [0.25, 0.3) is 5.95 Å². The Bertz CT molecular complexity index is 176. The number of aryl methyl sites for hydroxylation is 1. The third-order valence-electron chi connectivity index (χ3n) is 0.751. The van der Waals surface area contributed by atoms with E-state index >= 15 is 0 Å². The van der Waals surface area contributed by atoms with Crippen LogP contribution in [0.25, 0.3) is 0 Å². The molecule has 0 aromatic carbocycles. The average molecular weight is 150 g/mol. The van der Waals surface area contributed by atoms with Crippen molar-refractivity contribution in [3.63, 3.8) is 0 Å². The molecule has 1 N–H and O–H groups in total.